The van der Waals surface area contributed by atoms with Gasteiger partial charge < -0.3 is 13.9 Å². The molecule has 0 radical (unpaired) electrons. The molecule has 0 aliphatic heterocycles. The van der Waals surface area contributed by atoms with Crippen molar-refractivity contribution in [3.63, 3.8) is 0 Å². The third-order valence-electron chi connectivity index (χ3n) is 3.56. The highest BCUT2D eigenvalue weighted by Gasteiger charge is 2.57. The summed E-state index contributed by atoms with van der Waals surface area (Å²) in [7, 11) is 0. The Morgan fingerprint density at radius 3 is 2.33 bits per heavy atom. The number of carbonyl (C=O) groups excluding carboxylic acids is 2. The minimum Gasteiger partial charge on any atom is -0.469 e. The van der Waals surface area contributed by atoms with Crippen molar-refractivity contribution in [2.45, 2.75) is 26.2 Å². The van der Waals surface area contributed by atoms with Crippen LogP contribution in [-0.4, -0.2) is 36.6 Å². The number of hydrogen-bond donors (Lipinski definition) is 0. The molecule has 0 aromatic carbocycles. The Morgan fingerprint density at radius 2 is 1.96 bits per heavy atom. The Labute approximate surface area is 139 Å². The predicted molar refractivity (Wildman–Crippen MR) is 83.8 cm³/mol. The fourth-order valence-corrected chi connectivity index (χ4v) is 2.55. The number of rotatable bonds is 10. The molecular formula is C16H21NO7. The maximum Gasteiger partial charge on any atom is 0.324 e. The molecule has 0 saturated heterocycles. The second kappa shape index (κ2) is 8.85. The summed E-state index contributed by atoms with van der Waals surface area (Å²) in [6.45, 7) is 6.05. The predicted octanol–water partition coefficient (Wildman–Crippen LogP) is 2.33. The van der Waals surface area contributed by atoms with Gasteiger partial charge in [0, 0.05) is 4.92 Å². The number of allylic oxidation sites excluding steroid dienone is 1. The quantitative estimate of drug-likeness (QED) is 0.211. The lowest BCUT2D eigenvalue weighted by atomic mass is 9.71. The molecule has 1 heterocycles. The summed E-state index contributed by atoms with van der Waals surface area (Å²) < 4.78 is 15.3. The minimum absolute atomic E-state index is 0.0144. The normalized spacial score (nSPS) is 12.2. The molecule has 0 aliphatic carbocycles. The zero-order valence-corrected chi connectivity index (χ0v) is 13.7. The van der Waals surface area contributed by atoms with Gasteiger partial charge in [-0.05, 0) is 32.4 Å². The summed E-state index contributed by atoms with van der Waals surface area (Å²) in [6.07, 6.45) is 2.48. The van der Waals surface area contributed by atoms with Gasteiger partial charge in [0.2, 0.25) is 6.54 Å². The highest BCUT2D eigenvalue weighted by molar-refractivity contribution is 6.01. The Kier molecular flexibility index (Phi) is 7.16. The number of nitrogens with zero attached hydrogens (tertiary/aromatic N) is 1. The van der Waals surface area contributed by atoms with E-state index in [9.17, 15) is 19.7 Å². The summed E-state index contributed by atoms with van der Waals surface area (Å²) in [5, 5.41) is 11.2. The van der Waals surface area contributed by atoms with E-state index in [1.54, 1.807) is 13.8 Å². The largest absolute Gasteiger partial charge is 0.469 e. The highest BCUT2D eigenvalue weighted by Crippen LogP contribution is 2.42. The molecule has 1 unspecified atom stereocenters. The van der Waals surface area contributed by atoms with Gasteiger partial charge in [-0.2, -0.15) is 0 Å². The molecule has 0 N–H and O–H groups in total. The first-order chi connectivity index (χ1) is 11.4. The van der Waals surface area contributed by atoms with Crippen LogP contribution >= 0.6 is 0 Å². The maximum atomic E-state index is 12.7. The molecular weight excluding hydrogens is 318 g/mol. The topological polar surface area (TPSA) is 109 Å². The van der Waals surface area contributed by atoms with Crippen molar-refractivity contribution >= 4 is 11.9 Å². The third-order valence-corrected chi connectivity index (χ3v) is 3.56. The first kappa shape index (κ1) is 19.4. The van der Waals surface area contributed by atoms with Crippen LogP contribution in [0, 0.1) is 15.5 Å². The summed E-state index contributed by atoms with van der Waals surface area (Å²) in [6, 6.07) is 3.00. The van der Waals surface area contributed by atoms with E-state index in [-0.39, 0.29) is 25.4 Å². The average molecular weight is 339 g/mol. The molecule has 0 saturated carbocycles. The van der Waals surface area contributed by atoms with E-state index < -0.39 is 34.7 Å². The van der Waals surface area contributed by atoms with Crippen molar-refractivity contribution in [1.29, 1.82) is 0 Å². The van der Waals surface area contributed by atoms with Gasteiger partial charge in [-0.1, -0.05) is 6.08 Å². The number of hydrogen-bond acceptors (Lipinski definition) is 7. The zero-order valence-electron chi connectivity index (χ0n) is 13.7. The Bertz CT molecular complexity index is 561. The van der Waals surface area contributed by atoms with E-state index in [0.29, 0.717) is 0 Å². The molecule has 1 rings (SSSR count). The van der Waals surface area contributed by atoms with E-state index in [1.165, 1.54) is 24.5 Å². The lowest BCUT2D eigenvalue weighted by Gasteiger charge is -2.32. The monoisotopic (exact) mass is 339 g/mol. The summed E-state index contributed by atoms with van der Waals surface area (Å²) in [5.41, 5.74) is -1.93. The molecule has 0 bridgehead atoms. The standard InChI is InChI=1S/C16H21NO7/c1-4-9-16(14(18)22-5-2,15(19)23-6-3)12(11-17(20)21)13-8-7-10-24-13/h4,7-8,10,12H,1,5-6,9,11H2,2-3H3. The van der Waals surface area contributed by atoms with Crippen LogP contribution in [0.3, 0.4) is 0 Å². The fraction of sp³-hybridized carbons (Fsp3) is 0.500. The second-order valence-electron chi connectivity index (χ2n) is 4.99. The lowest BCUT2D eigenvalue weighted by Crippen LogP contribution is -2.48. The second-order valence-corrected chi connectivity index (χ2v) is 4.99. The van der Waals surface area contributed by atoms with Crippen molar-refractivity contribution in [3.8, 4) is 0 Å². The summed E-state index contributed by atoms with van der Waals surface area (Å²) in [4.78, 5) is 35.9. The molecule has 1 atom stereocenters. The molecule has 132 valence electrons. The van der Waals surface area contributed by atoms with E-state index >= 15 is 0 Å². The van der Waals surface area contributed by atoms with Crippen LogP contribution in [0.1, 0.15) is 31.9 Å². The van der Waals surface area contributed by atoms with Gasteiger partial charge in [-0.15, -0.1) is 6.58 Å². The van der Waals surface area contributed by atoms with Crippen LogP contribution in [-0.2, 0) is 19.1 Å². The Morgan fingerprint density at radius 1 is 1.38 bits per heavy atom. The SMILES string of the molecule is C=CCC(C(=O)OCC)(C(=O)OCC)C(C[N+](=O)[O-])c1ccco1. The zero-order chi connectivity index (χ0) is 18.2. The minimum atomic E-state index is -1.93. The molecule has 0 aliphatic rings. The van der Waals surface area contributed by atoms with Gasteiger partial charge in [0.25, 0.3) is 0 Å². The Hall–Kier alpha value is -2.64. The van der Waals surface area contributed by atoms with Crippen molar-refractivity contribution in [3.05, 3.63) is 46.9 Å². The maximum absolute atomic E-state index is 12.7. The van der Waals surface area contributed by atoms with Crippen molar-refractivity contribution in [2.24, 2.45) is 5.41 Å². The van der Waals surface area contributed by atoms with Crippen LogP contribution in [0.25, 0.3) is 0 Å². The van der Waals surface area contributed by atoms with Gasteiger partial charge >= 0.3 is 11.9 Å². The molecule has 8 nitrogen and oxygen atoms in total. The van der Waals surface area contributed by atoms with Crippen LogP contribution in [0.4, 0.5) is 0 Å². The van der Waals surface area contributed by atoms with Crippen LogP contribution < -0.4 is 0 Å². The van der Waals surface area contributed by atoms with Crippen molar-refractivity contribution in [1.82, 2.24) is 0 Å². The molecule has 1 aromatic heterocycles. The van der Waals surface area contributed by atoms with Crippen LogP contribution in [0.15, 0.2) is 35.5 Å². The highest BCUT2D eigenvalue weighted by atomic mass is 16.6. The lowest BCUT2D eigenvalue weighted by molar-refractivity contribution is -0.486. The van der Waals surface area contributed by atoms with Gasteiger partial charge in [0.05, 0.1) is 19.5 Å². The number of carbonyl (C=O) groups is 2. The van der Waals surface area contributed by atoms with E-state index in [1.807, 2.05) is 0 Å². The smallest absolute Gasteiger partial charge is 0.324 e. The van der Waals surface area contributed by atoms with Crippen molar-refractivity contribution in [2.75, 3.05) is 19.8 Å². The van der Waals surface area contributed by atoms with Gasteiger partial charge in [0.15, 0.2) is 5.41 Å². The van der Waals surface area contributed by atoms with Crippen molar-refractivity contribution < 1.29 is 28.4 Å². The van der Waals surface area contributed by atoms with E-state index in [0.717, 1.165) is 0 Å². The van der Waals surface area contributed by atoms with Crippen LogP contribution in [0.2, 0.25) is 0 Å². The molecule has 24 heavy (non-hydrogen) atoms. The summed E-state index contributed by atoms with van der Waals surface area (Å²) in [5.74, 6) is -2.84. The molecule has 0 spiro atoms. The first-order valence-corrected chi connectivity index (χ1v) is 7.54. The van der Waals surface area contributed by atoms with Gasteiger partial charge in [-0.25, -0.2) is 0 Å². The van der Waals surface area contributed by atoms with Crippen LogP contribution in [0.5, 0.6) is 0 Å². The van der Waals surface area contributed by atoms with Gasteiger partial charge in [0.1, 0.15) is 11.7 Å². The van der Waals surface area contributed by atoms with E-state index in [2.05, 4.69) is 6.58 Å². The molecule has 0 amide bonds. The molecule has 8 heteroatoms. The molecule has 0 fully saturated rings. The molecule has 1 aromatic rings. The van der Waals surface area contributed by atoms with Gasteiger partial charge in [-0.3, -0.25) is 19.7 Å². The number of esters is 2. The Balaban J connectivity index is 3.53. The average Bonchev–Trinajstić information content (AvgIpc) is 3.04. The fourth-order valence-electron chi connectivity index (χ4n) is 2.55. The number of ether oxygens (including phenoxy) is 2. The van der Waals surface area contributed by atoms with E-state index in [4.69, 9.17) is 13.9 Å². The summed E-state index contributed by atoms with van der Waals surface area (Å²) >= 11 is 0. The number of nitro groups is 1. The third kappa shape index (κ3) is 4.01. The number of furan rings is 1. The first-order valence-electron chi connectivity index (χ1n) is 7.54.